The van der Waals surface area contributed by atoms with Crippen molar-refractivity contribution in [1.82, 2.24) is 45.2 Å². The molecule has 82 heavy (non-hydrogen) atoms. The number of carbonyl (C=O) groups is 4. The fraction of sp³-hybridized carbons (Fsp3) is 0.750. The van der Waals surface area contributed by atoms with E-state index in [2.05, 4.69) is 35.7 Å². The van der Waals surface area contributed by atoms with Gasteiger partial charge in [0.05, 0.1) is 56.1 Å². The van der Waals surface area contributed by atoms with Crippen molar-refractivity contribution in [3.63, 3.8) is 0 Å². The van der Waals surface area contributed by atoms with Crippen LogP contribution < -0.4 is 21.0 Å². The van der Waals surface area contributed by atoms with E-state index in [9.17, 15) is 14.4 Å². The number of morpholine rings is 2. The second kappa shape index (κ2) is 23.0. The van der Waals surface area contributed by atoms with Crippen molar-refractivity contribution >= 4 is 52.1 Å². The summed E-state index contributed by atoms with van der Waals surface area (Å²) in [5, 5.41) is 8.78. The van der Waals surface area contributed by atoms with E-state index in [4.69, 9.17) is 23.9 Å². The summed E-state index contributed by atoms with van der Waals surface area (Å²) in [5.41, 5.74) is 5.94. The quantitative estimate of drug-likeness (QED) is 0.215. The number of amides is 3. The Labute approximate surface area is 479 Å². The van der Waals surface area contributed by atoms with Gasteiger partial charge in [0.15, 0.2) is 0 Å². The summed E-state index contributed by atoms with van der Waals surface area (Å²) >= 11 is 0. The van der Waals surface area contributed by atoms with Crippen molar-refractivity contribution < 1.29 is 51.3 Å². The van der Waals surface area contributed by atoms with Gasteiger partial charge in [-0.15, -0.1) is 0 Å². The molecule has 1 aliphatic carbocycles. The first kappa shape index (κ1) is 57.7. The fourth-order valence-corrected chi connectivity index (χ4v) is 15.1. The molecule has 1 unspecified atom stereocenters. The molecule has 8 fully saturated rings. The lowest BCUT2D eigenvalue weighted by Gasteiger charge is -2.46. The minimum absolute atomic E-state index is 0.0525. The van der Waals surface area contributed by atoms with E-state index < -0.39 is 54.4 Å². The van der Waals surface area contributed by atoms with Crippen molar-refractivity contribution in [2.45, 2.75) is 160 Å². The smallest absolute Gasteiger partial charge is 0.406 e. The topological polar surface area (TPSA) is 188 Å². The number of alkyl halides is 3. The normalized spacial score (nSPS) is 32.3. The minimum atomic E-state index is -4.59. The highest BCUT2D eigenvalue weighted by atomic mass is 19.4. The zero-order valence-corrected chi connectivity index (χ0v) is 48.8. The van der Waals surface area contributed by atoms with Gasteiger partial charge in [0, 0.05) is 136 Å². The number of methoxy groups -OCH3 is 1. The highest BCUT2D eigenvalue weighted by Crippen LogP contribution is 2.46. The van der Waals surface area contributed by atoms with Crippen LogP contribution in [0.4, 0.5) is 18.9 Å². The van der Waals surface area contributed by atoms with Crippen LogP contribution in [0.1, 0.15) is 97.2 Å². The van der Waals surface area contributed by atoms with Gasteiger partial charge in [-0.2, -0.15) is 13.2 Å². The molecular formula is C60H86F3N11O8. The van der Waals surface area contributed by atoms with Crippen LogP contribution in [0.3, 0.4) is 0 Å². The number of nitrogens with zero attached hydrogens (tertiary/aromatic N) is 8. The fourth-order valence-electron chi connectivity index (χ4n) is 15.1. The van der Waals surface area contributed by atoms with Crippen LogP contribution in [-0.4, -0.2) is 225 Å². The van der Waals surface area contributed by atoms with Crippen LogP contribution in [0.15, 0.2) is 28.9 Å². The van der Waals surface area contributed by atoms with Gasteiger partial charge in [0.2, 0.25) is 11.8 Å². The summed E-state index contributed by atoms with van der Waals surface area (Å²) in [4.78, 5) is 74.2. The molecule has 0 radical (unpaired) electrons. The molecule has 9 aliphatic heterocycles. The van der Waals surface area contributed by atoms with Crippen molar-refractivity contribution in [2.75, 3.05) is 110 Å². The number of nitrogens with one attached hydrogen (secondary N) is 3. The summed E-state index contributed by atoms with van der Waals surface area (Å²) in [6, 6.07) is 3.48. The predicted molar refractivity (Wildman–Crippen MR) is 303 cm³/mol. The average molecular weight is 1150 g/mol. The molecule has 10 heterocycles. The largest absolute Gasteiger partial charge is 0.464 e. The molecule has 450 valence electrons. The summed E-state index contributed by atoms with van der Waals surface area (Å²) in [5.74, 6) is -0.458. The molecule has 6 bridgehead atoms. The average Bonchev–Trinajstić information content (AvgIpc) is 3.11. The first-order valence-corrected chi connectivity index (χ1v) is 30.5. The minimum Gasteiger partial charge on any atom is -0.464 e. The van der Waals surface area contributed by atoms with Gasteiger partial charge in [-0.3, -0.25) is 49.2 Å². The maximum Gasteiger partial charge on any atom is 0.406 e. The second-order valence-corrected chi connectivity index (χ2v) is 26.7. The van der Waals surface area contributed by atoms with E-state index in [1.165, 1.54) is 22.4 Å². The molecular weight excluding hydrogens is 1060 g/mol. The van der Waals surface area contributed by atoms with Crippen LogP contribution in [0.5, 0.6) is 0 Å². The Morgan fingerprint density at radius 2 is 1.77 bits per heavy atom. The van der Waals surface area contributed by atoms with Crippen molar-refractivity contribution in [3.05, 3.63) is 35.2 Å². The van der Waals surface area contributed by atoms with Gasteiger partial charge in [0.25, 0.3) is 5.91 Å². The molecule has 10 atom stereocenters. The number of anilines is 1. The molecule has 2 aromatic rings. The van der Waals surface area contributed by atoms with E-state index in [0.717, 1.165) is 44.7 Å². The number of aliphatic imine (C=N–C) groups is 1. The summed E-state index contributed by atoms with van der Waals surface area (Å²) in [6.45, 7) is 17.4. The summed E-state index contributed by atoms with van der Waals surface area (Å²) < 4.78 is 71.7. The summed E-state index contributed by atoms with van der Waals surface area (Å²) in [7, 11) is 1.59. The number of esters is 1. The highest BCUT2D eigenvalue weighted by molar-refractivity contribution is 5.95. The van der Waals surface area contributed by atoms with Gasteiger partial charge in [-0.1, -0.05) is 27.7 Å². The Bertz CT molecular complexity index is 2820. The van der Waals surface area contributed by atoms with Gasteiger partial charge in [0.1, 0.15) is 24.7 Å². The molecule has 1 aromatic carbocycles. The monoisotopic (exact) mass is 1150 g/mol. The third-order valence-corrected chi connectivity index (χ3v) is 19.7. The van der Waals surface area contributed by atoms with E-state index in [1.807, 2.05) is 57.9 Å². The van der Waals surface area contributed by atoms with Gasteiger partial charge in [-0.05, 0) is 100 Å². The lowest BCUT2D eigenvalue weighted by Crippen LogP contribution is -2.62. The Kier molecular flexibility index (Phi) is 16.2. The molecule has 12 rings (SSSR count). The number of benzene rings is 1. The zero-order valence-electron chi connectivity index (χ0n) is 48.8. The molecule has 7 saturated heterocycles. The van der Waals surface area contributed by atoms with E-state index in [-0.39, 0.29) is 66.6 Å². The molecule has 10 aliphatic rings. The second-order valence-electron chi connectivity index (χ2n) is 26.7. The molecule has 1 saturated carbocycles. The number of hydrogen-bond donors (Lipinski definition) is 3. The maximum absolute atomic E-state index is 15.3. The molecule has 3 amide bonds. The zero-order chi connectivity index (χ0) is 57.4. The van der Waals surface area contributed by atoms with Crippen LogP contribution in [0, 0.1) is 22.7 Å². The highest BCUT2D eigenvalue weighted by Gasteiger charge is 2.55. The standard InChI is InChI=1S/C60H86F3N11O8/c1-36(2)52(71-16-13-59(32-71)14-17-72(33-59)56(77)51-50(66-51)38-9-10-38)54(75)65-47-26-42-30-70(21-23-81-42)39-11-12-48-43(24-39)45(27-58(4,5)35-82-57(78)46-8-7-15-74(67-46)55(47)76)53(73(48)34-60(61,62)63)44-25-40(28-64-49(44)37(3)79-6)69-19-18-68-20-22-80-31-41(68)29-69/h11-12,24,28,36-38,40-42,46-47,50-52,66-67H,7-10,13-23,25-27,29-35H2,1-6H3,(H,65,75)/t37-,40?,41-,42-,46-,47-,50+,51+,52-,59-/m0/s1. The van der Waals surface area contributed by atoms with Crippen LogP contribution >= 0.6 is 0 Å². The Hall–Kier alpha value is -4.68. The van der Waals surface area contributed by atoms with E-state index in [1.54, 1.807) is 13.2 Å². The number of rotatable bonds is 11. The number of piperazine rings is 1. The number of cyclic esters (lactones) is 1. The Morgan fingerprint density at radius 3 is 2.55 bits per heavy atom. The maximum atomic E-state index is 15.3. The number of likely N-dealkylation sites (tertiary alicyclic amines) is 2. The lowest BCUT2D eigenvalue weighted by molar-refractivity contribution is -0.156. The SMILES string of the molecule is CO[C@@H](C)C1=C(c2c3c4cc(ccc4n2CC(F)(F)F)N2CCO[C@@H](C[C@H](NC(=O)[C@H](C(C)C)N4CC[C@]5(CCN(C(=O)[C@@H]6N[C@@H]6C6CC6)C5)C4)C(=O)N4CCC[C@H](N4)C(=O)OCC(C)(C)C3)C2)CC(N2CCN3CCOC[C@@H]3C2)C=N1. The van der Waals surface area contributed by atoms with E-state index in [0.29, 0.717) is 130 Å². The van der Waals surface area contributed by atoms with Crippen LogP contribution in [0.2, 0.25) is 0 Å². The lowest BCUT2D eigenvalue weighted by atomic mass is 9.83. The van der Waals surface area contributed by atoms with Gasteiger partial charge < -0.3 is 38.6 Å². The number of aromatic nitrogens is 1. The number of carbonyl (C=O) groups excluding carboxylic acids is 4. The molecule has 1 aromatic heterocycles. The Morgan fingerprint density at radius 1 is 0.963 bits per heavy atom. The number of halogens is 3. The summed E-state index contributed by atoms with van der Waals surface area (Å²) in [6.07, 6.45) is 2.12. The predicted octanol–water partition coefficient (Wildman–Crippen LogP) is 4.21. The number of hydrazine groups is 1. The third kappa shape index (κ3) is 12.0. The number of ether oxygens (including phenoxy) is 4. The Balaban J connectivity index is 0.858. The van der Waals surface area contributed by atoms with Crippen molar-refractivity contribution in [3.8, 4) is 0 Å². The van der Waals surface area contributed by atoms with Crippen molar-refractivity contribution in [1.29, 1.82) is 0 Å². The van der Waals surface area contributed by atoms with Gasteiger partial charge >= 0.3 is 12.1 Å². The number of fused-ring (bicyclic) bond motifs is 7. The molecule has 19 nitrogen and oxygen atoms in total. The van der Waals surface area contributed by atoms with Gasteiger partial charge in [-0.25, -0.2) is 5.43 Å². The molecule has 3 N–H and O–H groups in total. The molecule has 22 heteroatoms. The third-order valence-electron chi connectivity index (χ3n) is 19.7. The molecule has 1 spiro atoms. The van der Waals surface area contributed by atoms with E-state index >= 15 is 18.0 Å². The van der Waals surface area contributed by atoms with Crippen LogP contribution in [0.25, 0.3) is 16.5 Å². The van der Waals surface area contributed by atoms with Crippen molar-refractivity contribution in [2.24, 2.45) is 27.7 Å². The number of hydrogen-bond acceptors (Lipinski definition) is 15. The first-order valence-electron chi connectivity index (χ1n) is 30.5. The first-order chi connectivity index (χ1) is 39.2. The van der Waals surface area contributed by atoms with Crippen LogP contribution in [-0.2, 0) is 51.1 Å².